The summed E-state index contributed by atoms with van der Waals surface area (Å²) in [4.78, 5) is 61.2. The monoisotopic (exact) mass is 1520 g/mol. The average molecular weight is 1520 g/mol. The number of aliphatic hydroxyl groups is 1. The Labute approximate surface area is 663 Å². The first kappa shape index (κ1) is 129. The number of ketones is 1. The first-order chi connectivity index (χ1) is 48.6. The molecule has 13 heteroatoms. The number of rotatable bonds is 20. The van der Waals surface area contributed by atoms with Gasteiger partial charge in [-0.3, -0.25) is 24.0 Å². The predicted octanol–water partition coefficient (Wildman–Crippen LogP) is 27.7. The largest absolute Gasteiger partial charge is 0.466 e. The van der Waals surface area contributed by atoms with Crippen LogP contribution in [0.4, 0.5) is 0 Å². The third kappa shape index (κ3) is 105. The van der Waals surface area contributed by atoms with Crippen molar-refractivity contribution in [1.29, 1.82) is 0 Å². The third-order valence-electron chi connectivity index (χ3n) is 12.2. The minimum absolute atomic E-state index is 0. The van der Waals surface area contributed by atoms with Crippen LogP contribution in [0.5, 0.6) is 0 Å². The molecule has 0 fully saturated rings. The Morgan fingerprint density at radius 3 is 1.03 bits per heavy atom. The molecular weight excluding hydrogens is 1350 g/mol. The highest BCUT2D eigenvalue weighted by atomic mass is 28.3. The summed E-state index contributed by atoms with van der Waals surface area (Å²) < 4.78 is 23.9. The number of hydrogen-bond acceptors (Lipinski definition) is 12. The first-order valence-corrected chi connectivity index (χ1v) is 41.6. The Bertz CT molecular complexity index is 2620. The fourth-order valence-corrected chi connectivity index (χ4v) is 10.00. The second kappa shape index (κ2) is 94.9. The Kier molecular flexibility index (Phi) is 115. The lowest BCUT2D eigenvalue weighted by atomic mass is 9.98. The van der Waals surface area contributed by atoms with Gasteiger partial charge >= 0.3 is 29.8 Å². The molecule has 622 valence electrons. The summed E-state index contributed by atoms with van der Waals surface area (Å²) in [6.07, 6.45) is 12.6. The van der Waals surface area contributed by atoms with Crippen LogP contribution in [0, 0.1) is 23.7 Å². The van der Waals surface area contributed by atoms with Gasteiger partial charge in [0, 0.05) is 48.6 Å². The van der Waals surface area contributed by atoms with Crippen molar-refractivity contribution in [2.24, 2.45) is 23.7 Å². The molecule has 0 bridgehead atoms. The van der Waals surface area contributed by atoms with Crippen LogP contribution in [-0.2, 0) is 78.5 Å². The van der Waals surface area contributed by atoms with E-state index in [0.717, 1.165) is 61.0 Å². The van der Waals surface area contributed by atoms with Gasteiger partial charge in [-0.05, 0) is 114 Å². The van der Waals surface area contributed by atoms with Gasteiger partial charge in [-0.2, -0.15) is 0 Å². The molecule has 6 rings (SSSR count). The number of hydrogen-bond donors (Lipinski definition) is 1. The quantitative estimate of drug-likeness (QED) is 0.0258. The molecule has 0 heterocycles. The first-order valence-electron chi connectivity index (χ1n) is 37.9. The van der Waals surface area contributed by atoms with Gasteiger partial charge in [-0.1, -0.05) is 365 Å². The van der Waals surface area contributed by atoms with Gasteiger partial charge in [0.2, 0.25) is 0 Å². The lowest BCUT2D eigenvalue weighted by Gasteiger charge is -2.17. The predicted molar refractivity (Wildman–Crippen MR) is 475 cm³/mol. The van der Waals surface area contributed by atoms with Gasteiger partial charge in [0.25, 0.3) is 0 Å². The van der Waals surface area contributed by atoms with Crippen molar-refractivity contribution >= 4 is 43.7 Å². The number of Topliss-reactive ketones (excluding diaryl/α,β-unsaturated/α-hetero) is 1. The fourth-order valence-electron chi connectivity index (χ4n) is 7.55. The van der Waals surface area contributed by atoms with Crippen molar-refractivity contribution in [3.63, 3.8) is 0 Å². The van der Waals surface area contributed by atoms with Crippen LogP contribution in [0.15, 0.2) is 159 Å². The topological polar surface area (TPSA) is 169 Å². The highest BCUT2D eigenvalue weighted by Crippen LogP contribution is 2.44. The van der Waals surface area contributed by atoms with Gasteiger partial charge in [0.15, 0.2) is 0 Å². The normalized spacial score (nSPS) is 9.19. The van der Waals surface area contributed by atoms with E-state index in [2.05, 4.69) is 174 Å². The third-order valence-corrected chi connectivity index (χ3v) is 14.2. The number of unbranched alkanes of at least 4 members (excludes halogenated alkanes) is 1. The SMILES string of the molecule is C.C.C.C.C=CCC.C=CCOC(C)=O.CC.CC.CC.CC(=O)OCC(C)C.CC(=O)OCC1c2ccccc2-c2ccccc21.CC(=O)OCCCCC(C)C.CC(=O)OCc1ccccc1.CC(C)=O.CC(C)C[Si](C)(C)C.CCC.CCC(C)C.CCc1ccc(CO)cc1.CCc1ccccc1. The summed E-state index contributed by atoms with van der Waals surface area (Å²) in [5.74, 6) is 2.23. The molecule has 0 aliphatic heterocycles. The van der Waals surface area contributed by atoms with Crippen LogP contribution >= 0.6 is 0 Å². The molecule has 0 saturated carbocycles. The summed E-state index contributed by atoms with van der Waals surface area (Å²) in [5.41, 5.74) is 9.74. The summed E-state index contributed by atoms with van der Waals surface area (Å²) in [6, 6.07) is 46.2. The lowest BCUT2D eigenvalue weighted by molar-refractivity contribution is -0.143. The molecule has 107 heavy (non-hydrogen) atoms. The van der Waals surface area contributed by atoms with E-state index in [4.69, 9.17) is 19.3 Å². The number of fused-ring (bicyclic) bond motifs is 3. The van der Waals surface area contributed by atoms with Crippen molar-refractivity contribution in [3.8, 4) is 11.1 Å². The summed E-state index contributed by atoms with van der Waals surface area (Å²) in [5, 5.41) is 8.70. The molecule has 0 atom stereocenters. The summed E-state index contributed by atoms with van der Waals surface area (Å²) in [6.45, 7) is 68.9. The number of carbonyl (C=O) groups excluding carboxylic acids is 6. The summed E-state index contributed by atoms with van der Waals surface area (Å²) in [7, 11) is -0.720. The Hall–Kier alpha value is -7.22. The Morgan fingerprint density at radius 1 is 0.439 bits per heavy atom. The van der Waals surface area contributed by atoms with Gasteiger partial charge in [-0.15, -0.1) is 6.58 Å². The number of aryl methyl sites for hydroxylation is 2. The fraction of sp³-hybridized carbons (Fsp3) is 0.574. The Morgan fingerprint density at radius 2 is 0.776 bits per heavy atom. The van der Waals surface area contributed by atoms with Gasteiger partial charge in [0.1, 0.15) is 25.6 Å². The van der Waals surface area contributed by atoms with Gasteiger partial charge in [-0.25, -0.2) is 0 Å². The molecule has 1 N–H and O–H groups in total. The van der Waals surface area contributed by atoms with Crippen LogP contribution in [0.3, 0.4) is 0 Å². The van der Waals surface area contributed by atoms with Gasteiger partial charge in [0.05, 0.1) is 19.8 Å². The molecule has 0 amide bonds. The van der Waals surface area contributed by atoms with Crippen molar-refractivity contribution in [1.82, 2.24) is 0 Å². The molecule has 1 aliphatic carbocycles. The molecule has 0 radical (unpaired) electrons. The maximum Gasteiger partial charge on any atom is 0.302 e. The van der Waals surface area contributed by atoms with E-state index in [1.807, 2.05) is 146 Å². The maximum atomic E-state index is 11.0. The average Bonchev–Trinajstić information content (AvgIpc) is 1.62. The summed E-state index contributed by atoms with van der Waals surface area (Å²) >= 11 is 0. The van der Waals surface area contributed by atoms with E-state index >= 15 is 0 Å². The number of allylic oxidation sites excluding steroid dienone is 1. The number of ether oxygens (including phenoxy) is 5. The second-order valence-electron chi connectivity index (χ2n) is 25.8. The zero-order valence-corrected chi connectivity index (χ0v) is 72.2. The molecule has 0 unspecified atom stereocenters. The van der Waals surface area contributed by atoms with E-state index in [1.54, 1.807) is 0 Å². The number of benzene rings is 5. The van der Waals surface area contributed by atoms with Crippen molar-refractivity contribution < 1.29 is 57.6 Å². The molecule has 12 nitrogen and oxygen atoms in total. The number of carbonyl (C=O) groups is 6. The maximum absolute atomic E-state index is 11.0. The highest BCUT2D eigenvalue weighted by Gasteiger charge is 2.28. The van der Waals surface area contributed by atoms with E-state index in [1.165, 1.54) is 113 Å². The molecule has 1 aliphatic rings. The minimum atomic E-state index is -0.720. The standard InChI is InChI=1S/C16H14O2.C9H10O2.C9H18O2.C9H12O.C8H10.C7H18Si.C6H12O2.C5H8O2.C5H12.C4H8.C3H6O.C3H8.3C2H6.4CH4/c1-11(17)18-10-16-14-8-4-2-6-12(14)13-7-3-5-9-15(13)16;1-8(10)11-7-9-5-3-2-4-6-9;1-8(2)6-4-5-7-11-9(3)10;1-2-8-3-5-9(7-10)6-4-8;1-2-8-6-4-3-5-7-8;1-7(2)6-8(3,4)5;1-5(2)4-8-6(3)7;1-3-4-7-5(2)6;1-4-5(2)3;1-3-4-2;1-3(2)4;1-3-2;3*1-2;;;;/h2-9,16H,10H2,1H3;2-6H,7H2,1H3;8H,4-7H2,1-3H3;3-6,10H,2,7H2,1H3;3-7H,2H2,1H3;7H,6H2,1-5H3;5H,4H2,1-3H3;3H,1,4H2,2H3;5H,4H2,1-3H3;3H,1,4H2,2H3;1-2H3;3H2,1-2H3;3*1-2H3;4*1H4. The van der Waals surface area contributed by atoms with E-state index in [0.29, 0.717) is 39.0 Å². The van der Waals surface area contributed by atoms with Gasteiger partial charge < -0.3 is 33.6 Å². The molecule has 0 aromatic heterocycles. The second-order valence-corrected chi connectivity index (χ2v) is 31.3. The molecule has 0 spiro atoms. The molecule has 5 aromatic carbocycles. The van der Waals surface area contributed by atoms with Crippen LogP contribution in [0.1, 0.15) is 294 Å². The molecular formula is C94H170O12Si. The highest BCUT2D eigenvalue weighted by molar-refractivity contribution is 6.76. The van der Waals surface area contributed by atoms with Crippen LogP contribution in [0.25, 0.3) is 11.1 Å². The number of aliphatic hydroxyl groups excluding tert-OH is 1. The van der Waals surface area contributed by atoms with Crippen molar-refractivity contribution in [2.75, 3.05) is 26.4 Å². The van der Waals surface area contributed by atoms with E-state index < -0.39 is 8.07 Å². The van der Waals surface area contributed by atoms with E-state index in [-0.39, 0.29) is 77.9 Å². The number of esters is 5. The zero-order chi connectivity index (χ0) is 81.6. The smallest absolute Gasteiger partial charge is 0.302 e. The van der Waals surface area contributed by atoms with Crippen molar-refractivity contribution in [3.05, 3.63) is 192 Å². The van der Waals surface area contributed by atoms with E-state index in [9.17, 15) is 28.8 Å². The van der Waals surface area contributed by atoms with Crippen LogP contribution in [0.2, 0.25) is 25.7 Å². The Balaban J connectivity index is -0.0000000832. The lowest BCUT2D eigenvalue weighted by Crippen LogP contribution is -2.21. The van der Waals surface area contributed by atoms with Crippen LogP contribution < -0.4 is 0 Å². The zero-order valence-electron chi connectivity index (χ0n) is 71.2. The van der Waals surface area contributed by atoms with Crippen LogP contribution in [-0.4, -0.2) is 75.2 Å². The minimum Gasteiger partial charge on any atom is -0.466 e. The van der Waals surface area contributed by atoms with Crippen molar-refractivity contribution in [2.45, 2.75) is 313 Å². The molecule has 0 saturated heterocycles. The molecule has 5 aromatic rings.